The highest BCUT2D eigenvalue weighted by molar-refractivity contribution is 5.71. The number of aliphatic carboxylic acids is 1. The van der Waals surface area contributed by atoms with Gasteiger partial charge in [0.15, 0.2) is 0 Å². The molecule has 0 radical (unpaired) electrons. The number of carboxylic acids is 1. The molecule has 2 aliphatic carbocycles. The zero-order chi connectivity index (χ0) is 8.01. The Hall–Kier alpha value is -0.570. The van der Waals surface area contributed by atoms with E-state index in [0.717, 1.165) is 6.42 Å². The molecule has 3 unspecified atom stereocenters. The molecule has 2 rings (SSSR count). The summed E-state index contributed by atoms with van der Waals surface area (Å²) >= 11 is 0. The average Bonchev–Trinajstić information content (AvgIpc) is 2.43. The van der Waals surface area contributed by atoms with Gasteiger partial charge in [-0.15, -0.1) is 0 Å². The van der Waals surface area contributed by atoms with Crippen LogP contribution < -0.4 is 0 Å². The maximum Gasteiger partial charge on any atom is 0.306 e. The third kappa shape index (κ3) is 0.948. The summed E-state index contributed by atoms with van der Waals surface area (Å²) in [4.78, 5) is 10.6. The van der Waals surface area contributed by atoms with E-state index in [9.17, 15) is 9.90 Å². The highest BCUT2D eigenvalue weighted by Gasteiger charge is 2.47. The molecular formula is C8H12O3. The predicted molar refractivity (Wildman–Crippen MR) is 38.0 cm³/mol. The first-order chi connectivity index (χ1) is 5.18. The van der Waals surface area contributed by atoms with Crippen LogP contribution in [0.5, 0.6) is 0 Å². The largest absolute Gasteiger partial charge is 0.481 e. The van der Waals surface area contributed by atoms with E-state index in [0.29, 0.717) is 12.8 Å². The first-order valence-electron chi connectivity index (χ1n) is 4.09. The summed E-state index contributed by atoms with van der Waals surface area (Å²) in [6.07, 6.45) is 2.12. The van der Waals surface area contributed by atoms with Gasteiger partial charge in [-0.25, -0.2) is 0 Å². The van der Waals surface area contributed by atoms with E-state index in [1.54, 1.807) is 0 Å². The lowest BCUT2D eigenvalue weighted by atomic mass is 9.87. The van der Waals surface area contributed by atoms with E-state index >= 15 is 0 Å². The van der Waals surface area contributed by atoms with E-state index in [-0.39, 0.29) is 23.9 Å². The number of aliphatic hydroxyl groups excluding tert-OH is 1. The van der Waals surface area contributed by atoms with Crippen molar-refractivity contribution in [3.05, 3.63) is 0 Å². The molecule has 0 saturated heterocycles. The smallest absolute Gasteiger partial charge is 0.306 e. The molecule has 2 aliphatic rings. The van der Waals surface area contributed by atoms with Gasteiger partial charge in [0.25, 0.3) is 0 Å². The molecule has 0 heterocycles. The van der Waals surface area contributed by atoms with Crippen LogP contribution in [0, 0.1) is 17.8 Å². The SMILES string of the molecule is O=C(O)C1CC2CC1C[C@@H]2O. The van der Waals surface area contributed by atoms with Gasteiger partial charge < -0.3 is 10.2 Å². The Balaban J connectivity index is 2.08. The summed E-state index contributed by atoms with van der Waals surface area (Å²) in [7, 11) is 0. The molecule has 0 aliphatic heterocycles. The Morgan fingerprint density at radius 1 is 1.18 bits per heavy atom. The second-order valence-electron chi connectivity index (χ2n) is 3.74. The van der Waals surface area contributed by atoms with Crippen LogP contribution in [0.2, 0.25) is 0 Å². The zero-order valence-electron chi connectivity index (χ0n) is 6.23. The molecule has 2 bridgehead atoms. The lowest BCUT2D eigenvalue weighted by Gasteiger charge is -2.21. The molecule has 4 atom stereocenters. The molecule has 62 valence electrons. The van der Waals surface area contributed by atoms with Crippen LogP contribution in [0.25, 0.3) is 0 Å². The van der Waals surface area contributed by atoms with Crippen LogP contribution in [0.15, 0.2) is 0 Å². The van der Waals surface area contributed by atoms with E-state index in [1.165, 1.54) is 0 Å². The maximum atomic E-state index is 10.6. The monoisotopic (exact) mass is 156 g/mol. The van der Waals surface area contributed by atoms with Gasteiger partial charge in [0.05, 0.1) is 12.0 Å². The van der Waals surface area contributed by atoms with Crippen LogP contribution in [-0.4, -0.2) is 22.3 Å². The van der Waals surface area contributed by atoms with Crippen LogP contribution in [-0.2, 0) is 4.79 Å². The first kappa shape index (κ1) is 7.10. The van der Waals surface area contributed by atoms with Crippen molar-refractivity contribution >= 4 is 5.97 Å². The fourth-order valence-electron chi connectivity index (χ4n) is 2.55. The Labute approximate surface area is 65.0 Å². The second kappa shape index (κ2) is 2.21. The van der Waals surface area contributed by atoms with Gasteiger partial charge in [0.1, 0.15) is 0 Å². The van der Waals surface area contributed by atoms with Gasteiger partial charge >= 0.3 is 5.97 Å². The number of carbonyl (C=O) groups is 1. The third-order valence-electron chi connectivity index (χ3n) is 3.14. The number of aliphatic hydroxyl groups is 1. The molecular weight excluding hydrogens is 144 g/mol. The summed E-state index contributed by atoms with van der Waals surface area (Å²) in [6, 6.07) is 0. The number of hydrogen-bond acceptors (Lipinski definition) is 2. The van der Waals surface area contributed by atoms with E-state index in [1.807, 2.05) is 0 Å². The van der Waals surface area contributed by atoms with Gasteiger partial charge in [0.2, 0.25) is 0 Å². The lowest BCUT2D eigenvalue weighted by Crippen LogP contribution is -2.26. The van der Waals surface area contributed by atoms with Crippen molar-refractivity contribution in [3.8, 4) is 0 Å². The van der Waals surface area contributed by atoms with Gasteiger partial charge in [-0.3, -0.25) is 4.79 Å². The molecule has 3 nitrogen and oxygen atoms in total. The zero-order valence-corrected chi connectivity index (χ0v) is 6.23. The highest BCUT2D eigenvalue weighted by Crippen LogP contribution is 2.48. The number of hydrogen-bond donors (Lipinski definition) is 2. The molecule has 0 aromatic heterocycles. The van der Waals surface area contributed by atoms with Crippen molar-refractivity contribution in [2.75, 3.05) is 0 Å². The minimum absolute atomic E-state index is 0.164. The van der Waals surface area contributed by atoms with Gasteiger partial charge in [-0.1, -0.05) is 0 Å². The summed E-state index contributed by atoms with van der Waals surface area (Å²) in [5.74, 6) is -0.304. The molecule has 2 fully saturated rings. The molecule has 3 heteroatoms. The maximum absolute atomic E-state index is 10.6. The van der Waals surface area contributed by atoms with Gasteiger partial charge in [0, 0.05) is 0 Å². The molecule has 0 amide bonds. The number of fused-ring (bicyclic) bond motifs is 2. The molecule has 0 aromatic rings. The molecule has 2 saturated carbocycles. The summed E-state index contributed by atoms with van der Waals surface area (Å²) in [5.41, 5.74) is 0. The lowest BCUT2D eigenvalue weighted by molar-refractivity contribution is -0.144. The Bertz CT molecular complexity index is 188. The summed E-state index contributed by atoms with van der Waals surface area (Å²) < 4.78 is 0. The predicted octanol–water partition coefficient (Wildman–Crippen LogP) is 0.478. The Morgan fingerprint density at radius 2 is 1.91 bits per heavy atom. The van der Waals surface area contributed by atoms with E-state index < -0.39 is 5.97 Å². The number of carboxylic acid groups (broad SMARTS) is 1. The standard InChI is InChI=1S/C8H12O3/c9-7-3-4-1-5(7)2-6(4)8(10)11/h4-7,9H,1-3H2,(H,10,11)/t4?,5?,6?,7-/m0/s1. The molecule has 11 heavy (non-hydrogen) atoms. The number of rotatable bonds is 1. The average molecular weight is 156 g/mol. The Morgan fingerprint density at radius 3 is 2.27 bits per heavy atom. The molecule has 0 spiro atoms. The van der Waals surface area contributed by atoms with Crippen LogP contribution in [0.1, 0.15) is 19.3 Å². The van der Waals surface area contributed by atoms with E-state index in [4.69, 9.17) is 5.11 Å². The third-order valence-corrected chi connectivity index (χ3v) is 3.14. The van der Waals surface area contributed by atoms with Gasteiger partial charge in [-0.05, 0) is 31.1 Å². The molecule has 2 N–H and O–H groups in total. The van der Waals surface area contributed by atoms with Crippen LogP contribution in [0.3, 0.4) is 0 Å². The second-order valence-corrected chi connectivity index (χ2v) is 3.74. The highest BCUT2D eigenvalue weighted by atomic mass is 16.4. The summed E-state index contributed by atoms with van der Waals surface area (Å²) in [5, 5.41) is 18.1. The first-order valence-corrected chi connectivity index (χ1v) is 4.09. The van der Waals surface area contributed by atoms with Crippen molar-refractivity contribution in [1.29, 1.82) is 0 Å². The van der Waals surface area contributed by atoms with Crippen molar-refractivity contribution in [3.63, 3.8) is 0 Å². The van der Waals surface area contributed by atoms with Crippen LogP contribution in [0.4, 0.5) is 0 Å². The Kier molecular flexibility index (Phi) is 1.42. The summed E-state index contributed by atoms with van der Waals surface area (Å²) in [6.45, 7) is 0. The van der Waals surface area contributed by atoms with Crippen molar-refractivity contribution in [1.82, 2.24) is 0 Å². The minimum Gasteiger partial charge on any atom is -0.481 e. The van der Waals surface area contributed by atoms with Gasteiger partial charge in [-0.2, -0.15) is 0 Å². The van der Waals surface area contributed by atoms with Crippen LogP contribution >= 0.6 is 0 Å². The fraction of sp³-hybridized carbons (Fsp3) is 0.875. The molecule has 0 aromatic carbocycles. The quantitative estimate of drug-likeness (QED) is 0.580. The minimum atomic E-state index is -0.676. The van der Waals surface area contributed by atoms with E-state index in [2.05, 4.69) is 0 Å². The van der Waals surface area contributed by atoms with Crippen molar-refractivity contribution in [2.24, 2.45) is 17.8 Å². The van der Waals surface area contributed by atoms with Crippen molar-refractivity contribution < 1.29 is 15.0 Å². The fourth-order valence-corrected chi connectivity index (χ4v) is 2.55. The normalized spacial score (nSPS) is 48.1. The van der Waals surface area contributed by atoms with Crippen molar-refractivity contribution in [2.45, 2.75) is 25.4 Å². The topological polar surface area (TPSA) is 57.5 Å².